The van der Waals surface area contributed by atoms with Crippen LogP contribution < -0.4 is 19.5 Å². The minimum atomic E-state index is -0.366. The average molecular weight is 524 g/mol. The van der Waals surface area contributed by atoms with Crippen LogP contribution in [-0.2, 0) is 17.8 Å². The topological polar surface area (TPSA) is 93.5 Å². The van der Waals surface area contributed by atoms with Crippen molar-refractivity contribution in [3.8, 4) is 17.2 Å². The smallest absolute Gasteiger partial charge is 0.322 e. The SMILES string of the molecule is CCC(C)N(CC(=O)N(CCc1ccc(OC)c(OC)c1)Cc1ccco1)C(=O)Nc1ccccc1OC. The van der Waals surface area contributed by atoms with Gasteiger partial charge in [-0.15, -0.1) is 0 Å². The third kappa shape index (κ3) is 7.44. The molecule has 9 nitrogen and oxygen atoms in total. The predicted molar refractivity (Wildman–Crippen MR) is 146 cm³/mol. The number of carbonyl (C=O) groups excluding carboxylic acids is 2. The average Bonchev–Trinajstić information content (AvgIpc) is 3.46. The highest BCUT2D eigenvalue weighted by Crippen LogP contribution is 2.28. The van der Waals surface area contributed by atoms with Crippen molar-refractivity contribution in [2.24, 2.45) is 0 Å². The van der Waals surface area contributed by atoms with Crippen LogP contribution in [0.2, 0.25) is 0 Å². The van der Waals surface area contributed by atoms with Crippen molar-refractivity contribution in [1.82, 2.24) is 9.80 Å². The monoisotopic (exact) mass is 523 g/mol. The Morgan fingerprint density at radius 3 is 2.34 bits per heavy atom. The molecule has 3 amide bonds. The molecule has 0 saturated carbocycles. The number of hydrogen-bond acceptors (Lipinski definition) is 6. The van der Waals surface area contributed by atoms with Crippen LogP contribution in [0.5, 0.6) is 17.2 Å². The number of para-hydroxylation sites is 2. The van der Waals surface area contributed by atoms with Gasteiger partial charge in [0.25, 0.3) is 0 Å². The van der Waals surface area contributed by atoms with Gasteiger partial charge in [-0.2, -0.15) is 0 Å². The molecule has 3 rings (SSSR count). The van der Waals surface area contributed by atoms with Gasteiger partial charge in [-0.25, -0.2) is 4.79 Å². The molecule has 1 aromatic heterocycles. The highest BCUT2D eigenvalue weighted by molar-refractivity contribution is 5.93. The maximum absolute atomic E-state index is 13.6. The van der Waals surface area contributed by atoms with Gasteiger partial charge in [0.05, 0.1) is 39.8 Å². The summed E-state index contributed by atoms with van der Waals surface area (Å²) in [5.74, 6) is 2.30. The molecule has 0 bridgehead atoms. The number of furan rings is 1. The Labute approximate surface area is 224 Å². The number of carbonyl (C=O) groups is 2. The number of nitrogens with one attached hydrogen (secondary N) is 1. The number of nitrogens with zero attached hydrogens (tertiary/aromatic N) is 2. The van der Waals surface area contributed by atoms with Gasteiger partial charge in [-0.1, -0.05) is 25.1 Å². The van der Waals surface area contributed by atoms with Crippen molar-refractivity contribution in [2.75, 3.05) is 39.7 Å². The van der Waals surface area contributed by atoms with E-state index in [1.54, 1.807) is 55.6 Å². The molecule has 1 heterocycles. The number of hydrogen-bond donors (Lipinski definition) is 1. The molecular weight excluding hydrogens is 486 g/mol. The molecule has 0 aliphatic carbocycles. The summed E-state index contributed by atoms with van der Waals surface area (Å²) in [6.07, 6.45) is 2.86. The summed E-state index contributed by atoms with van der Waals surface area (Å²) < 4.78 is 21.6. The normalized spacial score (nSPS) is 11.4. The van der Waals surface area contributed by atoms with Gasteiger partial charge in [0.15, 0.2) is 11.5 Å². The van der Waals surface area contributed by atoms with Gasteiger partial charge < -0.3 is 33.7 Å². The van der Waals surface area contributed by atoms with Gasteiger partial charge in [0.2, 0.25) is 5.91 Å². The van der Waals surface area contributed by atoms with Crippen LogP contribution in [0.1, 0.15) is 31.6 Å². The van der Waals surface area contributed by atoms with Crippen molar-refractivity contribution >= 4 is 17.6 Å². The molecule has 1 atom stereocenters. The van der Waals surface area contributed by atoms with Crippen molar-refractivity contribution in [2.45, 2.75) is 39.3 Å². The van der Waals surface area contributed by atoms with Gasteiger partial charge in [-0.3, -0.25) is 4.79 Å². The Hall–Kier alpha value is -4.14. The first-order valence-corrected chi connectivity index (χ1v) is 12.6. The fourth-order valence-corrected chi connectivity index (χ4v) is 4.01. The Morgan fingerprint density at radius 2 is 1.68 bits per heavy atom. The van der Waals surface area contributed by atoms with Crippen molar-refractivity contribution < 1.29 is 28.2 Å². The van der Waals surface area contributed by atoms with Crippen molar-refractivity contribution in [1.29, 1.82) is 0 Å². The molecule has 0 fully saturated rings. The number of anilines is 1. The first-order valence-electron chi connectivity index (χ1n) is 12.6. The molecule has 3 aromatic rings. The maximum atomic E-state index is 13.6. The molecule has 204 valence electrons. The van der Waals surface area contributed by atoms with Crippen molar-refractivity contribution in [3.63, 3.8) is 0 Å². The maximum Gasteiger partial charge on any atom is 0.322 e. The summed E-state index contributed by atoms with van der Waals surface area (Å²) in [6, 6.07) is 16.0. The molecule has 9 heteroatoms. The van der Waals surface area contributed by atoms with E-state index in [1.165, 1.54) is 0 Å². The van der Waals surface area contributed by atoms with E-state index in [-0.39, 0.29) is 24.5 Å². The summed E-state index contributed by atoms with van der Waals surface area (Å²) in [6.45, 7) is 4.55. The lowest BCUT2D eigenvalue weighted by Gasteiger charge is -2.31. The fourth-order valence-electron chi connectivity index (χ4n) is 4.01. The summed E-state index contributed by atoms with van der Waals surface area (Å²) in [4.78, 5) is 30.2. The standard InChI is InChI=1S/C29H37N3O6/c1-6-21(2)32(29(34)30-24-11-7-8-12-25(24)35-3)20-28(33)31(19-23-10-9-17-38-23)16-15-22-13-14-26(36-4)27(18-22)37-5/h7-14,17-18,21H,6,15-16,19-20H2,1-5H3,(H,30,34). The number of rotatable bonds is 13. The van der Waals surface area contributed by atoms with E-state index in [0.717, 1.165) is 5.56 Å². The lowest BCUT2D eigenvalue weighted by Crippen LogP contribution is -2.48. The number of urea groups is 1. The van der Waals surface area contributed by atoms with Crippen LogP contribution >= 0.6 is 0 Å². The van der Waals surface area contributed by atoms with Gasteiger partial charge in [-0.05, 0) is 61.7 Å². The van der Waals surface area contributed by atoms with Crippen LogP contribution in [0.4, 0.5) is 10.5 Å². The third-order valence-corrected chi connectivity index (χ3v) is 6.44. The molecular formula is C29H37N3O6. The molecule has 1 unspecified atom stereocenters. The van der Waals surface area contributed by atoms with Crippen LogP contribution in [0.15, 0.2) is 65.3 Å². The first kappa shape index (κ1) is 28.4. The van der Waals surface area contributed by atoms with Crippen LogP contribution in [0.25, 0.3) is 0 Å². The second-order valence-electron chi connectivity index (χ2n) is 8.85. The first-order chi connectivity index (χ1) is 18.4. The highest BCUT2D eigenvalue weighted by Gasteiger charge is 2.26. The lowest BCUT2D eigenvalue weighted by molar-refractivity contribution is -0.133. The van der Waals surface area contributed by atoms with E-state index < -0.39 is 0 Å². The van der Waals surface area contributed by atoms with Crippen LogP contribution in [0, 0.1) is 0 Å². The van der Waals surface area contributed by atoms with E-state index in [4.69, 9.17) is 18.6 Å². The van der Waals surface area contributed by atoms with Gasteiger partial charge in [0, 0.05) is 12.6 Å². The zero-order chi connectivity index (χ0) is 27.5. The molecule has 0 saturated heterocycles. The van der Waals surface area contributed by atoms with E-state index in [2.05, 4.69) is 5.32 Å². The molecule has 2 aromatic carbocycles. The summed E-state index contributed by atoms with van der Waals surface area (Å²) in [7, 11) is 4.73. The van der Waals surface area contributed by atoms with Gasteiger partial charge >= 0.3 is 6.03 Å². The second-order valence-corrected chi connectivity index (χ2v) is 8.85. The Kier molecular flexibility index (Phi) is 10.5. The summed E-state index contributed by atoms with van der Waals surface area (Å²) >= 11 is 0. The molecule has 38 heavy (non-hydrogen) atoms. The Balaban J connectivity index is 1.77. The van der Waals surface area contributed by atoms with E-state index in [0.29, 0.717) is 54.6 Å². The van der Waals surface area contributed by atoms with Crippen LogP contribution in [-0.4, -0.2) is 62.2 Å². The highest BCUT2D eigenvalue weighted by atomic mass is 16.5. The minimum absolute atomic E-state index is 0.0807. The molecule has 1 N–H and O–H groups in total. The zero-order valence-electron chi connectivity index (χ0n) is 22.7. The van der Waals surface area contributed by atoms with Gasteiger partial charge in [0.1, 0.15) is 18.1 Å². The lowest BCUT2D eigenvalue weighted by atomic mass is 10.1. The minimum Gasteiger partial charge on any atom is -0.495 e. The fraction of sp³-hybridized carbons (Fsp3) is 0.379. The number of methoxy groups -OCH3 is 3. The number of benzene rings is 2. The summed E-state index contributed by atoms with van der Waals surface area (Å²) in [5, 5.41) is 2.89. The van der Waals surface area contributed by atoms with Crippen molar-refractivity contribution in [3.05, 3.63) is 72.2 Å². The van der Waals surface area contributed by atoms with E-state index in [9.17, 15) is 9.59 Å². The van der Waals surface area contributed by atoms with E-state index >= 15 is 0 Å². The molecule has 0 aliphatic heterocycles. The predicted octanol–water partition coefficient (Wildman–Crippen LogP) is 5.21. The van der Waals surface area contributed by atoms with Crippen LogP contribution in [0.3, 0.4) is 0 Å². The third-order valence-electron chi connectivity index (χ3n) is 6.44. The second kappa shape index (κ2) is 14.0. The van der Waals surface area contributed by atoms with E-state index in [1.807, 2.05) is 50.2 Å². The largest absolute Gasteiger partial charge is 0.495 e. The summed E-state index contributed by atoms with van der Waals surface area (Å²) in [5.41, 5.74) is 1.54. The Morgan fingerprint density at radius 1 is 0.947 bits per heavy atom. The quantitative estimate of drug-likeness (QED) is 0.331. The number of amides is 3. The number of ether oxygens (including phenoxy) is 3. The Bertz CT molecular complexity index is 1180. The molecule has 0 radical (unpaired) electrons. The molecule has 0 spiro atoms. The molecule has 0 aliphatic rings. The zero-order valence-corrected chi connectivity index (χ0v) is 22.7.